The Morgan fingerprint density at radius 1 is 0.932 bits per heavy atom. The fourth-order valence-electron chi connectivity index (χ4n) is 8.65. The van der Waals surface area contributed by atoms with Crippen LogP contribution in [0.5, 0.6) is 5.88 Å². The maximum atomic E-state index is 13.9. The second kappa shape index (κ2) is 11.0. The van der Waals surface area contributed by atoms with E-state index >= 15 is 0 Å². The number of nitrogens with zero attached hydrogens (tertiary/aromatic N) is 5. The molecule has 3 saturated carbocycles. The van der Waals surface area contributed by atoms with Gasteiger partial charge in [0.15, 0.2) is 0 Å². The normalized spacial score (nSPS) is 31.7. The van der Waals surface area contributed by atoms with Crippen molar-refractivity contribution in [1.82, 2.24) is 18.9 Å². The number of hydrogen-bond donors (Lipinski definition) is 2. The Morgan fingerprint density at radius 2 is 1.57 bits per heavy atom. The average Bonchev–Trinajstić information content (AvgIpc) is 3.51. The highest BCUT2D eigenvalue weighted by atomic mass is 16.5. The number of carbonyl (C=O) groups is 2. The third-order valence-corrected chi connectivity index (χ3v) is 11.3. The summed E-state index contributed by atoms with van der Waals surface area (Å²) >= 11 is 0. The molecule has 0 bridgehead atoms. The van der Waals surface area contributed by atoms with E-state index in [9.17, 15) is 24.3 Å². The lowest BCUT2D eigenvalue weighted by Gasteiger charge is -2.58. The Hall–Kier alpha value is -3.19. The third-order valence-electron chi connectivity index (χ3n) is 11.3. The van der Waals surface area contributed by atoms with Crippen LogP contribution in [0.3, 0.4) is 0 Å². The Morgan fingerprint density at radius 3 is 2.16 bits per heavy atom. The highest BCUT2D eigenvalue weighted by Gasteiger charge is 2.68. The van der Waals surface area contributed by atoms with Gasteiger partial charge in [-0.05, 0) is 62.7 Å². The molecular weight excluding hydrogens is 568 g/mol. The minimum absolute atomic E-state index is 0.0491. The van der Waals surface area contributed by atoms with Gasteiger partial charge < -0.3 is 25.2 Å². The Kier molecular flexibility index (Phi) is 7.38. The fraction of sp³-hybridized carbons (Fsp3) is 0.774. The molecular formula is C31H44N6O7. The van der Waals surface area contributed by atoms with E-state index < -0.39 is 22.7 Å². The first kappa shape index (κ1) is 29.5. The molecule has 3 aliphatic carbocycles. The number of aromatic nitrogens is 2. The molecule has 44 heavy (non-hydrogen) atoms. The maximum Gasteiger partial charge on any atom is 0.334 e. The lowest BCUT2D eigenvalue weighted by molar-refractivity contribution is -0.152. The van der Waals surface area contributed by atoms with Crippen LogP contribution >= 0.6 is 0 Å². The molecule has 3 saturated heterocycles. The van der Waals surface area contributed by atoms with E-state index in [1.54, 1.807) is 11.9 Å². The predicted molar refractivity (Wildman–Crippen MR) is 160 cm³/mol. The second-order valence-electron chi connectivity index (χ2n) is 14.3. The molecule has 6 aliphatic rings. The molecule has 4 heterocycles. The fourth-order valence-corrected chi connectivity index (χ4v) is 8.65. The first-order valence-corrected chi connectivity index (χ1v) is 16.3. The van der Waals surface area contributed by atoms with Crippen molar-refractivity contribution < 1.29 is 24.2 Å². The van der Waals surface area contributed by atoms with Crippen molar-refractivity contribution >= 4 is 17.8 Å². The number of ether oxygens (including phenoxy) is 2. The van der Waals surface area contributed by atoms with Gasteiger partial charge in [-0.25, -0.2) is 9.59 Å². The number of amides is 3. The van der Waals surface area contributed by atoms with Crippen molar-refractivity contribution in [2.45, 2.75) is 82.3 Å². The zero-order valence-electron chi connectivity index (χ0n) is 25.5. The smallest absolute Gasteiger partial charge is 0.334 e. The lowest BCUT2D eigenvalue weighted by Crippen LogP contribution is -2.65. The number of amidine groups is 1. The van der Waals surface area contributed by atoms with Crippen LogP contribution in [0.4, 0.5) is 4.79 Å². The number of imide groups is 1. The van der Waals surface area contributed by atoms with E-state index in [2.05, 4.69) is 4.99 Å². The predicted octanol–water partition coefficient (Wildman–Crippen LogP) is 1.43. The van der Waals surface area contributed by atoms with Crippen molar-refractivity contribution in [2.24, 2.45) is 33.9 Å². The molecule has 240 valence electrons. The molecule has 0 unspecified atom stereocenters. The van der Waals surface area contributed by atoms with Crippen LogP contribution in [-0.4, -0.2) is 93.9 Å². The third kappa shape index (κ3) is 4.69. The standard InChI is InChI=1S/C31H44N6O7/c1-34-27(40)31(36(28(34)41)12-21-15-44-16-21)17-30(18-31)8-6-22(7-9-30)37-26(39)23(24(32)33-10-20-13-43-14-20)25(38)35(29(37)42)11-19-4-2-3-5-19/h19-22,38H,2-18H2,1H3,(H2,32,33). The second-order valence-corrected chi connectivity index (χ2v) is 14.3. The van der Waals surface area contributed by atoms with Crippen LogP contribution in [0.15, 0.2) is 14.6 Å². The molecule has 13 heteroatoms. The van der Waals surface area contributed by atoms with Gasteiger partial charge in [0.05, 0.1) is 26.4 Å². The molecule has 1 aromatic rings. The number of aromatic hydroxyl groups is 1. The SMILES string of the molecule is CN1C(=O)N(CC2COC2)C2(CC3(CCC(n4c(=O)c(C(N)=NCC5COC5)c(O)n(CC5CCCC5)c4=O)CC3)C2)C1=O. The van der Waals surface area contributed by atoms with E-state index in [0.717, 1.165) is 38.5 Å². The Bertz CT molecular complexity index is 1470. The quantitative estimate of drug-likeness (QED) is 0.253. The number of urea groups is 1. The molecule has 13 nitrogen and oxygen atoms in total. The topological polar surface area (TPSA) is 162 Å². The van der Waals surface area contributed by atoms with Crippen molar-refractivity contribution in [3.63, 3.8) is 0 Å². The van der Waals surface area contributed by atoms with E-state index in [1.807, 2.05) is 0 Å². The first-order valence-electron chi connectivity index (χ1n) is 16.3. The first-order chi connectivity index (χ1) is 21.1. The summed E-state index contributed by atoms with van der Waals surface area (Å²) in [5.41, 5.74) is 4.21. The number of carbonyl (C=O) groups excluding carboxylic acids is 2. The van der Waals surface area contributed by atoms with Crippen molar-refractivity contribution in [2.75, 3.05) is 46.6 Å². The molecule has 3 aliphatic heterocycles. The molecule has 3 N–H and O–H groups in total. The van der Waals surface area contributed by atoms with E-state index in [0.29, 0.717) is 71.7 Å². The van der Waals surface area contributed by atoms with Crippen LogP contribution in [-0.2, 0) is 20.8 Å². The highest BCUT2D eigenvalue weighted by molar-refractivity contribution is 6.07. The van der Waals surface area contributed by atoms with Crippen LogP contribution in [0.2, 0.25) is 0 Å². The summed E-state index contributed by atoms with van der Waals surface area (Å²) in [5.74, 6) is 0.153. The van der Waals surface area contributed by atoms with E-state index in [1.165, 1.54) is 14.0 Å². The van der Waals surface area contributed by atoms with Crippen molar-refractivity contribution in [3.8, 4) is 5.88 Å². The summed E-state index contributed by atoms with van der Waals surface area (Å²) in [5, 5.41) is 11.3. The number of rotatable bonds is 8. The minimum Gasteiger partial charge on any atom is -0.494 e. The number of likely N-dealkylation sites (N-methyl/N-ethyl adjacent to an activating group) is 1. The van der Waals surface area contributed by atoms with E-state index in [-0.39, 0.29) is 52.5 Å². The summed E-state index contributed by atoms with van der Waals surface area (Å²) < 4.78 is 13.2. The summed E-state index contributed by atoms with van der Waals surface area (Å²) in [4.78, 5) is 61.6. The molecule has 1 aromatic heterocycles. The molecule has 0 aromatic carbocycles. The summed E-state index contributed by atoms with van der Waals surface area (Å²) in [7, 11) is 1.56. The van der Waals surface area contributed by atoms with Crippen molar-refractivity contribution in [1.29, 1.82) is 0 Å². The molecule has 2 spiro atoms. The molecule has 0 atom stereocenters. The van der Waals surface area contributed by atoms with Crippen LogP contribution in [0.25, 0.3) is 0 Å². The Balaban J connectivity index is 1.14. The van der Waals surface area contributed by atoms with Crippen LogP contribution in [0, 0.1) is 23.2 Å². The van der Waals surface area contributed by atoms with Crippen LogP contribution < -0.4 is 17.0 Å². The van der Waals surface area contributed by atoms with Gasteiger partial charge in [0.25, 0.3) is 11.5 Å². The lowest BCUT2D eigenvalue weighted by atomic mass is 9.51. The van der Waals surface area contributed by atoms with Gasteiger partial charge in [-0.1, -0.05) is 12.8 Å². The summed E-state index contributed by atoms with van der Waals surface area (Å²) in [6.07, 6.45) is 7.96. The molecule has 6 fully saturated rings. The van der Waals surface area contributed by atoms with Gasteiger partial charge in [-0.2, -0.15) is 0 Å². The van der Waals surface area contributed by atoms with Gasteiger partial charge in [0.2, 0.25) is 5.88 Å². The molecule has 0 radical (unpaired) electrons. The van der Waals surface area contributed by atoms with Crippen LogP contribution in [0.1, 0.15) is 75.8 Å². The van der Waals surface area contributed by atoms with Gasteiger partial charge in [-0.15, -0.1) is 0 Å². The van der Waals surface area contributed by atoms with Gasteiger partial charge in [0, 0.05) is 44.6 Å². The highest BCUT2D eigenvalue weighted by Crippen LogP contribution is 2.62. The number of hydrogen-bond acceptors (Lipinski definition) is 8. The Labute approximate surface area is 256 Å². The monoisotopic (exact) mass is 612 g/mol. The van der Waals surface area contributed by atoms with Gasteiger partial charge in [0.1, 0.15) is 16.9 Å². The number of nitrogens with two attached hydrogens (primary N) is 1. The number of aliphatic imine (C=N–C) groups is 1. The maximum absolute atomic E-state index is 13.9. The largest absolute Gasteiger partial charge is 0.494 e. The zero-order chi connectivity index (χ0) is 30.8. The van der Waals surface area contributed by atoms with Crippen molar-refractivity contribution in [3.05, 3.63) is 26.4 Å². The van der Waals surface area contributed by atoms with Gasteiger partial charge >= 0.3 is 11.7 Å². The summed E-state index contributed by atoms with van der Waals surface area (Å²) in [6.45, 7) is 3.64. The molecule has 3 amide bonds. The van der Waals surface area contributed by atoms with Gasteiger partial charge in [-0.3, -0.25) is 28.6 Å². The minimum atomic E-state index is -0.804. The summed E-state index contributed by atoms with van der Waals surface area (Å²) in [6, 6.07) is -0.591. The molecule has 7 rings (SSSR count). The van der Waals surface area contributed by atoms with E-state index in [4.69, 9.17) is 15.2 Å². The average molecular weight is 613 g/mol. The zero-order valence-corrected chi connectivity index (χ0v) is 25.5.